The maximum Gasteiger partial charge on any atom is 0.267 e. The van der Waals surface area contributed by atoms with Crippen LogP contribution in [0.4, 0.5) is 5.69 Å². The van der Waals surface area contributed by atoms with E-state index in [2.05, 4.69) is 0 Å². The van der Waals surface area contributed by atoms with Gasteiger partial charge in [-0.1, -0.05) is 12.1 Å². The third kappa shape index (κ3) is 2.64. The molecule has 1 aliphatic heterocycles. The van der Waals surface area contributed by atoms with Crippen LogP contribution in [-0.4, -0.2) is 24.6 Å². The molecule has 0 saturated carbocycles. The Morgan fingerprint density at radius 2 is 2.06 bits per heavy atom. The van der Waals surface area contributed by atoms with Gasteiger partial charge in [-0.25, -0.2) is 0 Å². The number of anilines is 1. The van der Waals surface area contributed by atoms with Crippen molar-refractivity contribution in [2.24, 2.45) is 5.73 Å². The average molecular weight is 248 g/mol. The van der Waals surface area contributed by atoms with Crippen LogP contribution < -0.4 is 15.4 Å². The monoisotopic (exact) mass is 248 g/mol. The molecular formula is C14H20N2O2. The summed E-state index contributed by atoms with van der Waals surface area (Å²) < 4.78 is 5.76. The fourth-order valence-corrected chi connectivity index (χ4v) is 2.06. The number of hydrogen-bond acceptors (Lipinski definition) is 3. The first-order valence-corrected chi connectivity index (χ1v) is 6.20. The average Bonchev–Trinajstić information content (AvgIpc) is 2.31. The van der Waals surface area contributed by atoms with Gasteiger partial charge in [-0.3, -0.25) is 4.79 Å². The van der Waals surface area contributed by atoms with Crippen molar-refractivity contribution in [3.63, 3.8) is 0 Å². The van der Waals surface area contributed by atoms with Gasteiger partial charge in [-0.2, -0.15) is 0 Å². The van der Waals surface area contributed by atoms with Gasteiger partial charge in [0.25, 0.3) is 5.91 Å². The highest BCUT2D eigenvalue weighted by atomic mass is 16.5. The molecule has 1 aromatic carbocycles. The van der Waals surface area contributed by atoms with Crippen molar-refractivity contribution in [1.29, 1.82) is 0 Å². The summed E-state index contributed by atoms with van der Waals surface area (Å²) in [7, 11) is 1.78. The Bertz CT molecular complexity index is 451. The fraction of sp³-hybridized carbons (Fsp3) is 0.500. The summed E-state index contributed by atoms with van der Waals surface area (Å²) in [5.41, 5.74) is 6.49. The third-order valence-electron chi connectivity index (χ3n) is 3.15. The predicted octanol–water partition coefficient (Wildman–Crippen LogP) is 1.93. The lowest BCUT2D eigenvalue weighted by Gasteiger charge is -2.33. The lowest BCUT2D eigenvalue weighted by atomic mass is 9.97. The second kappa shape index (κ2) is 4.61. The number of amides is 1. The van der Waals surface area contributed by atoms with Crippen molar-refractivity contribution in [3.8, 4) is 5.75 Å². The summed E-state index contributed by atoms with van der Waals surface area (Å²) >= 11 is 0. The molecule has 1 atom stereocenters. The number of nitrogens with zero attached hydrogens (tertiary/aromatic N) is 1. The molecule has 0 radical (unpaired) electrons. The van der Waals surface area contributed by atoms with E-state index in [1.807, 2.05) is 38.1 Å². The topological polar surface area (TPSA) is 55.6 Å². The smallest absolute Gasteiger partial charge is 0.267 e. The van der Waals surface area contributed by atoms with Gasteiger partial charge < -0.3 is 15.4 Å². The maximum atomic E-state index is 12.2. The molecule has 1 amide bonds. The van der Waals surface area contributed by atoms with Gasteiger partial charge in [-0.05, 0) is 38.8 Å². The van der Waals surface area contributed by atoms with Crippen LogP contribution in [0, 0.1) is 0 Å². The number of rotatable bonds is 3. The number of benzene rings is 1. The zero-order valence-electron chi connectivity index (χ0n) is 11.1. The molecule has 1 aromatic rings. The second-order valence-corrected chi connectivity index (χ2v) is 5.50. The number of fused-ring (bicyclic) bond motifs is 1. The molecular weight excluding hydrogens is 228 g/mol. The molecule has 0 saturated heterocycles. The highest BCUT2D eigenvalue weighted by Gasteiger charge is 2.32. The van der Waals surface area contributed by atoms with Crippen molar-refractivity contribution in [3.05, 3.63) is 24.3 Å². The summed E-state index contributed by atoms with van der Waals surface area (Å²) in [6.07, 6.45) is 0.966. The second-order valence-electron chi connectivity index (χ2n) is 5.50. The molecule has 0 aliphatic carbocycles. The molecule has 1 aliphatic rings. The van der Waals surface area contributed by atoms with Crippen LogP contribution in [0.2, 0.25) is 0 Å². The maximum absolute atomic E-state index is 12.2. The molecule has 1 unspecified atom stereocenters. The van der Waals surface area contributed by atoms with Crippen molar-refractivity contribution >= 4 is 11.6 Å². The normalized spacial score (nSPS) is 19.4. The lowest BCUT2D eigenvalue weighted by Crippen LogP contribution is -2.45. The quantitative estimate of drug-likeness (QED) is 0.889. The van der Waals surface area contributed by atoms with Crippen molar-refractivity contribution < 1.29 is 9.53 Å². The summed E-state index contributed by atoms with van der Waals surface area (Å²) in [6, 6.07) is 7.58. The van der Waals surface area contributed by atoms with Crippen molar-refractivity contribution in [1.82, 2.24) is 0 Å². The Balaban J connectivity index is 2.14. The molecule has 0 aromatic heterocycles. The summed E-state index contributed by atoms with van der Waals surface area (Å²) in [4.78, 5) is 13.8. The number of carbonyl (C=O) groups is 1. The van der Waals surface area contributed by atoms with E-state index in [0.717, 1.165) is 17.9 Å². The van der Waals surface area contributed by atoms with Crippen LogP contribution >= 0.6 is 0 Å². The number of likely N-dealkylation sites (N-methyl/N-ethyl adjacent to an activating group) is 1. The SMILES string of the molecule is CN1C(=O)C(CCC(C)(C)N)Oc2ccccc21. The van der Waals surface area contributed by atoms with E-state index in [4.69, 9.17) is 10.5 Å². The molecule has 18 heavy (non-hydrogen) atoms. The van der Waals surface area contributed by atoms with Crippen LogP contribution in [0.3, 0.4) is 0 Å². The molecule has 98 valence electrons. The van der Waals surface area contributed by atoms with Crippen molar-refractivity contribution in [2.75, 3.05) is 11.9 Å². The summed E-state index contributed by atoms with van der Waals surface area (Å²) in [5.74, 6) is 0.761. The lowest BCUT2D eigenvalue weighted by molar-refractivity contribution is -0.126. The number of para-hydroxylation sites is 2. The molecule has 0 spiro atoms. The van der Waals surface area contributed by atoms with Crippen molar-refractivity contribution in [2.45, 2.75) is 38.3 Å². The molecule has 2 N–H and O–H groups in total. The Kier molecular flexibility index (Phi) is 3.30. The molecule has 0 bridgehead atoms. The fourth-order valence-electron chi connectivity index (χ4n) is 2.06. The summed E-state index contributed by atoms with van der Waals surface area (Å²) in [6.45, 7) is 3.91. The highest BCUT2D eigenvalue weighted by Crippen LogP contribution is 2.33. The molecule has 2 rings (SSSR count). The number of ether oxygens (including phenoxy) is 1. The van der Waals surface area contributed by atoms with E-state index < -0.39 is 6.10 Å². The predicted molar refractivity (Wildman–Crippen MR) is 71.8 cm³/mol. The Labute approximate surface area is 108 Å². The number of hydrogen-bond donors (Lipinski definition) is 1. The molecule has 1 heterocycles. The van der Waals surface area contributed by atoms with Gasteiger partial charge in [0.1, 0.15) is 5.75 Å². The minimum absolute atomic E-state index is 0.00190. The van der Waals surface area contributed by atoms with E-state index >= 15 is 0 Å². The zero-order valence-corrected chi connectivity index (χ0v) is 11.1. The largest absolute Gasteiger partial charge is 0.478 e. The van der Waals surface area contributed by atoms with Gasteiger partial charge in [-0.15, -0.1) is 0 Å². The van der Waals surface area contributed by atoms with Gasteiger partial charge in [0.15, 0.2) is 6.10 Å². The number of nitrogens with two attached hydrogens (primary N) is 1. The Hall–Kier alpha value is -1.55. The molecule has 4 heteroatoms. The first-order valence-electron chi connectivity index (χ1n) is 6.20. The first kappa shape index (κ1) is 12.9. The van der Waals surface area contributed by atoms with Crippen LogP contribution in [0.15, 0.2) is 24.3 Å². The molecule has 4 nitrogen and oxygen atoms in total. The van der Waals surface area contributed by atoms with Gasteiger partial charge in [0.05, 0.1) is 5.69 Å². The van der Waals surface area contributed by atoms with Gasteiger partial charge in [0, 0.05) is 12.6 Å². The summed E-state index contributed by atoms with van der Waals surface area (Å²) in [5, 5.41) is 0. The minimum atomic E-state index is -0.423. The molecule has 0 fully saturated rings. The van der Waals surface area contributed by atoms with E-state index in [-0.39, 0.29) is 11.4 Å². The highest BCUT2D eigenvalue weighted by molar-refractivity contribution is 5.99. The minimum Gasteiger partial charge on any atom is -0.478 e. The van der Waals surface area contributed by atoms with E-state index in [1.54, 1.807) is 11.9 Å². The van der Waals surface area contributed by atoms with E-state index in [9.17, 15) is 4.79 Å². The van der Waals surface area contributed by atoms with Gasteiger partial charge >= 0.3 is 0 Å². The third-order valence-corrected chi connectivity index (χ3v) is 3.15. The standard InChI is InChI=1S/C14H20N2O2/c1-14(2,15)9-8-12-13(17)16(3)10-6-4-5-7-11(10)18-12/h4-7,12H,8-9,15H2,1-3H3. The van der Waals surface area contributed by atoms with E-state index in [0.29, 0.717) is 6.42 Å². The number of carbonyl (C=O) groups excluding carboxylic acids is 1. The van der Waals surface area contributed by atoms with Crippen LogP contribution in [0.25, 0.3) is 0 Å². The Morgan fingerprint density at radius 1 is 1.39 bits per heavy atom. The zero-order chi connectivity index (χ0) is 13.3. The van der Waals surface area contributed by atoms with E-state index in [1.165, 1.54) is 0 Å². The van der Waals surface area contributed by atoms with Gasteiger partial charge in [0.2, 0.25) is 0 Å². The van der Waals surface area contributed by atoms with Crippen LogP contribution in [0.1, 0.15) is 26.7 Å². The van der Waals surface area contributed by atoms with Crippen LogP contribution in [0.5, 0.6) is 5.75 Å². The Morgan fingerprint density at radius 3 is 2.72 bits per heavy atom. The first-order chi connectivity index (χ1) is 8.38. The van der Waals surface area contributed by atoms with Crippen LogP contribution in [-0.2, 0) is 4.79 Å².